The van der Waals surface area contributed by atoms with E-state index in [1.165, 1.54) is 13.0 Å². The average Bonchev–Trinajstić information content (AvgIpc) is 3.48. The van der Waals surface area contributed by atoms with Gasteiger partial charge in [-0.2, -0.15) is 15.1 Å². The second-order valence-electron chi connectivity index (χ2n) is 11.1. The SMILES string of the molecule is CCOc1nc(N)nc2c1ncn2C1O[C@](F)(COP(=O)(NC(C)C(=O)OC(C)C)Oc2cccc3ccccc23)[C@@H](O)[C@@]1(C)F. The third-order valence-electron chi connectivity index (χ3n) is 7.13. The molecule has 0 amide bonds. The molecule has 0 saturated carbocycles. The van der Waals surface area contributed by atoms with Crippen molar-refractivity contribution in [1.82, 2.24) is 24.6 Å². The van der Waals surface area contributed by atoms with Crippen molar-refractivity contribution < 1.29 is 46.5 Å². The topological polar surface area (TPSA) is 182 Å². The minimum atomic E-state index is -4.68. The number of alkyl halides is 2. The first-order chi connectivity index (χ1) is 21.7. The van der Waals surface area contributed by atoms with E-state index in [-0.39, 0.29) is 35.3 Å². The van der Waals surface area contributed by atoms with Gasteiger partial charge in [-0.1, -0.05) is 36.4 Å². The predicted octanol–water partition coefficient (Wildman–Crippen LogP) is 4.38. The zero-order valence-electron chi connectivity index (χ0n) is 25.7. The summed E-state index contributed by atoms with van der Waals surface area (Å²) in [6, 6.07) is 10.7. The lowest BCUT2D eigenvalue weighted by Crippen LogP contribution is -2.47. The molecule has 1 aliphatic heterocycles. The van der Waals surface area contributed by atoms with Gasteiger partial charge in [0.05, 0.1) is 19.0 Å². The molecule has 1 fully saturated rings. The highest BCUT2D eigenvalue weighted by molar-refractivity contribution is 7.52. The lowest BCUT2D eigenvalue weighted by Gasteiger charge is -2.28. The zero-order valence-corrected chi connectivity index (χ0v) is 26.6. The largest absolute Gasteiger partial charge is 0.476 e. The van der Waals surface area contributed by atoms with Crippen molar-refractivity contribution in [3.8, 4) is 11.6 Å². The van der Waals surface area contributed by atoms with Gasteiger partial charge in [0.2, 0.25) is 11.8 Å². The Morgan fingerprint density at radius 2 is 1.91 bits per heavy atom. The highest BCUT2D eigenvalue weighted by Crippen LogP contribution is 2.52. The number of nitrogen functional groups attached to an aromatic ring is 1. The summed E-state index contributed by atoms with van der Waals surface area (Å²) in [6.07, 6.45) is -3.70. The van der Waals surface area contributed by atoms with Gasteiger partial charge >= 0.3 is 13.7 Å². The van der Waals surface area contributed by atoms with Gasteiger partial charge in [-0.3, -0.25) is 13.9 Å². The molecule has 0 spiro atoms. The van der Waals surface area contributed by atoms with Gasteiger partial charge in [0.1, 0.15) is 18.4 Å². The van der Waals surface area contributed by atoms with Crippen LogP contribution in [-0.4, -0.2) is 73.6 Å². The van der Waals surface area contributed by atoms with Crippen LogP contribution < -0.4 is 20.1 Å². The van der Waals surface area contributed by atoms with Crippen LogP contribution in [0.1, 0.15) is 40.8 Å². The zero-order chi connectivity index (χ0) is 33.4. The molecule has 1 saturated heterocycles. The number of carbonyl (C=O) groups excluding carboxylic acids is 1. The summed E-state index contributed by atoms with van der Waals surface area (Å²) >= 11 is 0. The average molecular weight is 665 g/mol. The molecule has 4 aromatic rings. The number of halogens is 2. The van der Waals surface area contributed by atoms with Crippen LogP contribution in [0, 0.1) is 0 Å². The number of anilines is 1. The quantitative estimate of drug-likeness (QED) is 0.143. The molecule has 5 rings (SSSR count). The summed E-state index contributed by atoms with van der Waals surface area (Å²) in [5.74, 6) is -4.20. The first kappa shape index (κ1) is 33.4. The minimum absolute atomic E-state index is 0.0143. The smallest absolute Gasteiger partial charge is 0.459 e. The Bertz CT molecular complexity index is 1790. The maximum absolute atomic E-state index is 16.5. The number of fused-ring (bicyclic) bond motifs is 2. The van der Waals surface area contributed by atoms with Crippen molar-refractivity contribution in [2.24, 2.45) is 0 Å². The van der Waals surface area contributed by atoms with Crippen LogP contribution in [0.5, 0.6) is 11.6 Å². The highest BCUT2D eigenvalue weighted by Gasteiger charge is 2.65. The lowest BCUT2D eigenvalue weighted by molar-refractivity contribution is -0.202. The molecule has 2 aromatic heterocycles. The predicted molar refractivity (Wildman–Crippen MR) is 162 cm³/mol. The van der Waals surface area contributed by atoms with Gasteiger partial charge in [0.15, 0.2) is 29.2 Å². The molecule has 3 heterocycles. The van der Waals surface area contributed by atoms with Crippen molar-refractivity contribution in [3.05, 3.63) is 48.8 Å². The third kappa shape index (κ3) is 6.48. The van der Waals surface area contributed by atoms with Gasteiger partial charge < -0.3 is 29.6 Å². The van der Waals surface area contributed by atoms with Gasteiger partial charge in [0, 0.05) is 5.39 Å². The van der Waals surface area contributed by atoms with E-state index in [4.69, 9.17) is 29.0 Å². The summed E-state index contributed by atoms with van der Waals surface area (Å²) in [6.45, 7) is 6.15. The highest BCUT2D eigenvalue weighted by atomic mass is 31.2. The molecule has 248 valence electrons. The molecule has 2 aromatic carbocycles. The fourth-order valence-electron chi connectivity index (χ4n) is 4.97. The van der Waals surface area contributed by atoms with Crippen molar-refractivity contribution in [2.45, 2.75) is 70.6 Å². The Morgan fingerprint density at radius 1 is 1.20 bits per heavy atom. The number of ether oxygens (including phenoxy) is 3. The van der Waals surface area contributed by atoms with Gasteiger partial charge in [-0.15, -0.1) is 0 Å². The summed E-state index contributed by atoms with van der Waals surface area (Å²) in [5.41, 5.74) is 3.04. The Morgan fingerprint density at radius 3 is 2.63 bits per heavy atom. The van der Waals surface area contributed by atoms with E-state index in [0.29, 0.717) is 5.39 Å². The molecular formula is C29H35F2N6O8P. The van der Waals surface area contributed by atoms with Crippen molar-refractivity contribution in [3.63, 3.8) is 0 Å². The maximum Gasteiger partial charge on any atom is 0.459 e. The third-order valence-corrected chi connectivity index (χ3v) is 8.74. The van der Waals surface area contributed by atoms with Gasteiger partial charge in [-0.25, -0.2) is 18.3 Å². The second-order valence-corrected chi connectivity index (χ2v) is 12.8. The number of nitrogens with zero attached hydrogens (tertiary/aromatic N) is 4. The number of carbonyl (C=O) groups is 1. The summed E-state index contributed by atoms with van der Waals surface area (Å²) in [5, 5.41) is 14.6. The number of hydrogen-bond acceptors (Lipinski definition) is 12. The van der Waals surface area contributed by atoms with E-state index in [1.54, 1.807) is 57.2 Å². The first-order valence-corrected chi connectivity index (χ1v) is 16.0. The van der Waals surface area contributed by atoms with E-state index >= 15 is 8.78 Å². The number of esters is 1. The molecule has 3 unspecified atom stereocenters. The molecule has 17 heteroatoms. The van der Waals surface area contributed by atoms with E-state index in [2.05, 4.69) is 20.0 Å². The number of nitrogens with two attached hydrogens (primary N) is 1. The summed E-state index contributed by atoms with van der Waals surface area (Å²) in [4.78, 5) is 24.8. The number of aliphatic hydroxyl groups is 1. The summed E-state index contributed by atoms with van der Waals surface area (Å²) < 4.78 is 75.2. The van der Waals surface area contributed by atoms with E-state index in [0.717, 1.165) is 23.2 Å². The Labute approximate surface area is 262 Å². The normalized spacial score (nSPS) is 25.1. The van der Waals surface area contributed by atoms with Crippen molar-refractivity contribution in [2.75, 3.05) is 18.9 Å². The van der Waals surface area contributed by atoms with E-state index in [9.17, 15) is 14.5 Å². The fourth-order valence-corrected chi connectivity index (χ4v) is 6.49. The van der Waals surface area contributed by atoms with E-state index in [1.807, 2.05) is 0 Å². The monoisotopic (exact) mass is 664 g/mol. The standard InChI is InChI=1S/C29H35F2N6O8P/c1-6-41-23-21-22(34-27(32)35-23)37(15-33-21)26-28(5,30)25(39)29(31,44-26)14-42-46(40,36-17(4)24(38)43-16(2)3)45-20-13-9-11-18-10-7-8-12-19(18)20/h7-13,15-17,25-26,39H,6,14H2,1-5H3,(H,36,40)(H2,32,34,35)/t17?,25-,26?,28+,29+,46?/m0/s1. The Kier molecular flexibility index (Phi) is 9.21. The Hall–Kier alpha value is -3.95. The minimum Gasteiger partial charge on any atom is -0.476 e. The Balaban J connectivity index is 1.45. The molecule has 4 N–H and O–H groups in total. The number of rotatable bonds is 12. The molecule has 46 heavy (non-hydrogen) atoms. The molecule has 0 aliphatic carbocycles. The van der Waals surface area contributed by atoms with Crippen LogP contribution in [0.25, 0.3) is 21.9 Å². The van der Waals surface area contributed by atoms with Crippen LogP contribution in [0.15, 0.2) is 48.8 Å². The van der Waals surface area contributed by atoms with Crippen LogP contribution in [-0.2, 0) is 23.4 Å². The molecule has 0 radical (unpaired) electrons. The number of imidazole rings is 1. The first-order valence-electron chi connectivity index (χ1n) is 14.4. The molecule has 1 aliphatic rings. The fraction of sp³-hybridized carbons (Fsp3) is 0.448. The van der Waals surface area contributed by atoms with Crippen LogP contribution in [0.3, 0.4) is 0 Å². The van der Waals surface area contributed by atoms with Crippen molar-refractivity contribution in [1.29, 1.82) is 0 Å². The van der Waals surface area contributed by atoms with Crippen LogP contribution >= 0.6 is 7.75 Å². The number of aliphatic hydroxyl groups excluding tert-OH is 1. The molecular weight excluding hydrogens is 629 g/mol. The molecule has 14 nitrogen and oxygen atoms in total. The lowest BCUT2D eigenvalue weighted by atomic mass is 9.97. The van der Waals surface area contributed by atoms with Gasteiger partial charge in [0.25, 0.3) is 5.85 Å². The number of nitrogens with one attached hydrogen (secondary N) is 1. The number of benzene rings is 2. The maximum atomic E-state index is 16.5. The van der Waals surface area contributed by atoms with Crippen molar-refractivity contribution >= 4 is 41.6 Å². The van der Waals surface area contributed by atoms with Crippen LogP contribution in [0.2, 0.25) is 0 Å². The van der Waals surface area contributed by atoms with Crippen LogP contribution in [0.4, 0.5) is 14.7 Å². The number of aromatic nitrogens is 4. The van der Waals surface area contributed by atoms with Gasteiger partial charge in [-0.05, 0) is 46.1 Å². The molecule has 0 bridgehead atoms. The van der Waals surface area contributed by atoms with E-state index < -0.39 is 56.3 Å². The summed E-state index contributed by atoms with van der Waals surface area (Å²) in [7, 11) is -4.68. The number of hydrogen-bond donors (Lipinski definition) is 3. The molecule has 6 atom stereocenters. The second kappa shape index (κ2) is 12.7.